The Balaban J connectivity index is 1.92. The van der Waals surface area contributed by atoms with Crippen LogP contribution in [0.2, 0.25) is 23.2 Å². The summed E-state index contributed by atoms with van der Waals surface area (Å²) in [4.78, 5) is 0. The number of alkyl halides is 1. The molecule has 1 fully saturated rings. The molecule has 1 saturated heterocycles. The number of benzene rings is 2. The van der Waals surface area contributed by atoms with Crippen LogP contribution in [0.15, 0.2) is 72.8 Å². The van der Waals surface area contributed by atoms with E-state index in [0.29, 0.717) is 0 Å². The molecule has 0 spiro atoms. The van der Waals surface area contributed by atoms with Gasteiger partial charge in [-0.15, -0.1) is 0 Å². The third-order valence-electron chi connectivity index (χ3n) is 8.52. The van der Waals surface area contributed by atoms with Crippen LogP contribution in [0.4, 0.5) is 0 Å². The number of halogens is 1. The maximum absolute atomic E-state index is 7.31. The van der Waals surface area contributed by atoms with E-state index in [1.54, 1.807) is 0 Å². The monoisotopic (exact) mass is 708 g/mol. The Hall–Kier alpha value is -0.816. The summed E-state index contributed by atoms with van der Waals surface area (Å²) in [6.45, 7) is 24.7. The van der Waals surface area contributed by atoms with Crippen LogP contribution in [0.1, 0.15) is 68.7 Å². The highest BCUT2D eigenvalue weighted by Gasteiger charge is 2.51. The fourth-order valence-electron chi connectivity index (χ4n) is 5.44. The maximum atomic E-state index is 7.31. The highest BCUT2D eigenvalue weighted by Crippen LogP contribution is 2.41. The molecule has 2 aromatic carbocycles. The van der Waals surface area contributed by atoms with E-state index < -0.39 is 22.4 Å². The third-order valence-corrected chi connectivity index (χ3v) is 19.0. The Kier molecular flexibility index (Phi) is 11.4. The second-order valence-electron chi connectivity index (χ2n) is 14.4. The molecule has 41 heavy (non-hydrogen) atoms. The molecule has 0 saturated carbocycles. The molecule has 0 radical (unpaired) electrons. The Labute approximate surface area is 266 Å². The quantitative estimate of drug-likeness (QED) is 0.102. The minimum absolute atomic E-state index is 0.0173. The van der Waals surface area contributed by atoms with Gasteiger partial charge in [-0.05, 0) is 60.7 Å². The van der Waals surface area contributed by atoms with Crippen LogP contribution >= 0.6 is 22.6 Å². The third kappa shape index (κ3) is 8.22. The van der Waals surface area contributed by atoms with Crippen LogP contribution in [0.25, 0.3) is 0 Å². The van der Waals surface area contributed by atoms with Crippen molar-refractivity contribution < 1.29 is 18.3 Å². The van der Waals surface area contributed by atoms with Crippen LogP contribution in [-0.2, 0) is 18.3 Å². The fraction of sp³-hybridized carbons (Fsp3) is 0.588. The van der Waals surface area contributed by atoms with Crippen molar-refractivity contribution in [3.8, 4) is 0 Å². The van der Waals surface area contributed by atoms with Crippen molar-refractivity contribution in [3.05, 3.63) is 72.8 Å². The van der Waals surface area contributed by atoms with Gasteiger partial charge in [-0.1, -0.05) is 137 Å². The highest BCUT2D eigenvalue weighted by atomic mass is 127. The van der Waals surface area contributed by atoms with Gasteiger partial charge >= 0.3 is 0 Å². The minimum atomic E-state index is -2.62. The van der Waals surface area contributed by atoms with E-state index in [1.807, 2.05) is 13.8 Å². The number of ether oxygens (including phenoxy) is 2. The number of hydrogen-bond donors (Lipinski definition) is 0. The van der Waals surface area contributed by atoms with Crippen LogP contribution in [-0.4, -0.2) is 51.3 Å². The molecule has 1 heterocycles. The van der Waals surface area contributed by atoms with E-state index in [-0.39, 0.29) is 34.5 Å². The lowest BCUT2D eigenvalue weighted by Gasteiger charge is -2.44. The average Bonchev–Trinajstić information content (AvgIpc) is 3.20. The highest BCUT2D eigenvalue weighted by molar-refractivity contribution is 14.1. The first-order chi connectivity index (χ1) is 18.9. The van der Waals surface area contributed by atoms with Gasteiger partial charge in [-0.25, -0.2) is 0 Å². The van der Waals surface area contributed by atoms with E-state index in [0.717, 1.165) is 10.8 Å². The lowest BCUT2D eigenvalue weighted by Crippen LogP contribution is -2.67. The summed E-state index contributed by atoms with van der Waals surface area (Å²) in [5.41, 5.74) is 0. The molecule has 1 aliphatic heterocycles. The minimum Gasteiger partial charge on any atom is -0.408 e. The fourth-order valence-corrected chi connectivity index (χ4v) is 12.1. The van der Waals surface area contributed by atoms with E-state index in [9.17, 15) is 0 Å². The zero-order valence-corrected chi connectivity index (χ0v) is 31.3. The van der Waals surface area contributed by atoms with Gasteiger partial charge in [0.25, 0.3) is 8.32 Å². The van der Waals surface area contributed by atoms with Gasteiger partial charge in [0.2, 0.25) is 0 Å². The molecular weight excluding hydrogens is 655 g/mol. The van der Waals surface area contributed by atoms with Crippen LogP contribution in [0.3, 0.4) is 0 Å². The number of rotatable bonds is 11. The van der Waals surface area contributed by atoms with Crippen molar-refractivity contribution >= 4 is 49.6 Å². The summed E-state index contributed by atoms with van der Waals surface area (Å²) in [7, 11) is -4.68. The largest absolute Gasteiger partial charge is 0.408 e. The molecule has 228 valence electrons. The topological polar surface area (TPSA) is 36.9 Å². The average molecular weight is 709 g/mol. The molecule has 2 aromatic rings. The predicted octanol–water partition coefficient (Wildman–Crippen LogP) is 8.24. The molecule has 0 bridgehead atoms. The summed E-state index contributed by atoms with van der Waals surface area (Å²) in [5.74, 6) is -0.622. The smallest absolute Gasteiger partial charge is 0.261 e. The Morgan fingerprint density at radius 2 is 1.37 bits per heavy atom. The molecular formula is C34H53IO4Si2. The Morgan fingerprint density at radius 1 is 0.854 bits per heavy atom. The second kappa shape index (κ2) is 13.4. The SMILES string of the molecule is CC(C/C=C\C(O[Si](C)(C)C(C)(C)C)[C@H]1OC(C)(C)O[C@H]1CI)O[Si](c1ccccc1)(c1ccccc1)C(C)(C)C. The standard InChI is InChI=1S/C34H53IO4Si2/c1-26(38-41(33(5,6)7,27-20-14-12-15-21-27)28-22-16-13-17-23-28)19-18-24-29(39-40(10,11)32(2,3)4)31-30(25-35)36-34(8,9)37-31/h12-18,20-24,26,29-31H,19,25H2,1-11H3/b24-18-/t26?,29?,30-,31+/m0/s1. The van der Waals surface area contributed by atoms with Crippen LogP contribution in [0.5, 0.6) is 0 Å². The van der Waals surface area contributed by atoms with E-state index in [4.69, 9.17) is 18.3 Å². The van der Waals surface area contributed by atoms with Crippen LogP contribution < -0.4 is 10.4 Å². The van der Waals surface area contributed by atoms with Gasteiger partial charge in [0.15, 0.2) is 14.1 Å². The van der Waals surface area contributed by atoms with Gasteiger partial charge in [0, 0.05) is 10.5 Å². The first kappa shape index (κ1) is 34.7. The Bertz CT molecular complexity index is 1080. The van der Waals surface area contributed by atoms with E-state index in [2.05, 4.69) is 157 Å². The maximum Gasteiger partial charge on any atom is 0.261 e. The summed E-state index contributed by atoms with van der Waals surface area (Å²) >= 11 is 2.40. The first-order valence-electron chi connectivity index (χ1n) is 15.0. The van der Waals surface area contributed by atoms with Gasteiger partial charge < -0.3 is 18.3 Å². The van der Waals surface area contributed by atoms with Crippen molar-refractivity contribution in [2.75, 3.05) is 4.43 Å². The Morgan fingerprint density at radius 3 is 1.80 bits per heavy atom. The van der Waals surface area contributed by atoms with Crippen LogP contribution in [0, 0.1) is 0 Å². The zero-order valence-electron chi connectivity index (χ0n) is 27.2. The molecule has 3 rings (SSSR count). The zero-order chi connectivity index (χ0) is 30.7. The second-order valence-corrected chi connectivity index (χ2v) is 24.3. The van der Waals surface area contributed by atoms with Crippen molar-refractivity contribution in [3.63, 3.8) is 0 Å². The summed E-state index contributed by atoms with van der Waals surface area (Å²) < 4.78 is 27.9. The normalized spacial score (nSPS) is 21.8. The van der Waals surface area contributed by atoms with Gasteiger partial charge in [0.05, 0.1) is 12.2 Å². The number of hydrogen-bond acceptors (Lipinski definition) is 4. The molecule has 1 aliphatic rings. The molecule has 4 nitrogen and oxygen atoms in total. The molecule has 0 N–H and O–H groups in total. The molecule has 2 unspecified atom stereocenters. The van der Waals surface area contributed by atoms with E-state index >= 15 is 0 Å². The van der Waals surface area contributed by atoms with Gasteiger partial charge in [0.1, 0.15) is 6.10 Å². The lowest BCUT2D eigenvalue weighted by molar-refractivity contribution is -0.150. The summed E-state index contributed by atoms with van der Waals surface area (Å²) in [6, 6.07) is 21.7. The molecule has 0 aliphatic carbocycles. The first-order valence-corrected chi connectivity index (χ1v) is 21.3. The summed E-state index contributed by atoms with van der Waals surface area (Å²) in [6.07, 6.45) is 4.92. The van der Waals surface area contributed by atoms with Crippen molar-refractivity contribution in [1.82, 2.24) is 0 Å². The van der Waals surface area contributed by atoms with Crippen molar-refractivity contribution in [1.29, 1.82) is 0 Å². The van der Waals surface area contributed by atoms with Crippen molar-refractivity contribution in [2.24, 2.45) is 0 Å². The molecule has 4 atom stereocenters. The molecule has 7 heteroatoms. The van der Waals surface area contributed by atoms with Crippen molar-refractivity contribution in [2.45, 2.75) is 122 Å². The molecule has 0 aromatic heterocycles. The lowest BCUT2D eigenvalue weighted by atomic mass is 10.1. The van der Waals surface area contributed by atoms with Gasteiger partial charge in [-0.3, -0.25) is 0 Å². The molecule has 0 amide bonds. The summed E-state index contributed by atoms with van der Waals surface area (Å²) in [5, 5.41) is 2.64. The van der Waals surface area contributed by atoms with Gasteiger partial charge in [-0.2, -0.15) is 0 Å². The predicted molar refractivity (Wildman–Crippen MR) is 187 cm³/mol. The van der Waals surface area contributed by atoms with E-state index in [1.165, 1.54) is 10.4 Å².